The van der Waals surface area contributed by atoms with E-state index in [4.69, 9.17) is 21.2 Å². The molecule has 1 aromatic heterocycles. The lowest BCUT2D eigenvalue weighted by Crippen LogP contribution is -2.45. The molecule has 0 bridgehead atoms. The van der Waals surface area contributed by atoms with E-state index in [-0.39, 0.29) is 11.9 Å². The Morgan fingerprint density at radius 2 is 1.85 bits per heavy atom. The molecule has 11 nitrogen and oxygen atoms in total. The summed E-state index contributed by atoms with van der Waals surface area (Å²) in [4.78, 5) is 34.8. The average molecular weight is 647 g/mol. The number of likely N-dealkylation sites (N-methyl/N-ethyl adjacent to an activating group) is 1. The summed E-state index contributed by atoms with van der Waals surface area (Å²) in [6, 6.07) is 14.7. The van der Waals surface area contributed by atoms with Gasteiger partial charge in [-0.1, -0.05) is 30.3 Å². The van der Waals surface area contributed by atoms with Gasteiger partial charge in [-0.25, -0.2) is 15.0 Å². The molecule has 0 spiro atoms. The highest BCUT2D eigenvalue weighted by Gasteiger charge is 2.33. The molecule has 0 radical (unpaired) electrons. The van der Waals surface area contributed by atoms with Gasteiger partial charge < -0.3 is 25.2 Å². The van der Waals surface area contributed by atoms with Crippen molar-refractivity contribution in [1.82, 2.24) is 19.8 Å². The van der Waals surface area contributed by atoms with E-state index in [2.05, 4.69) is 56.0 Å². The molecule has 3 fully saturated rings. The Morgan fingerprint density at radius 1 is 1.07 bits per heavy atom. The number of piperidine rings is 1. The number of benzene rings is 2. The maximum absolute atomic E-state index is 12.6. The minimum atomic E-state index is -0.275. The van der Waals surface area contributed by atoms with Crippen molar-refractivity contribution in [3.63, 3.8) is 0 Å². The van der Waals surface area contributed by atoms with Crippen molar-refractivity contribution in [3.05, 3.63) is 72.0 Å². The van der Waals surface area contributed by atoms with Crippen molar-refractivity contribution in [2.24, 2.45) is 0 Å². The number of carbonyl (C=O) groups excluding carboxylic acids is 1. The maximum Gasteiger partial charge on any atom is 0.247 e. The number of nitrogens with one attached hydrogen (secondary N) is 2. The summed E-state index contributed by atoms with van der Waals surface area (Å²) in [6.45, 7) is 8.30. The van der Waals surface area contributed by atoms with Crippen LogP contribution in [-0.4, -0.2) is 91.7 Å². The van der Waals surface area contributed by atoms with Gasteiger partial charge in [-0.3, -0.25) is 14.5 Å². The van der Waals surface area contributed by atoms with Crippen LogP contribution in [-0.2, 0) is 9.63 Å². The van der Waals surface area contributed by atoms with Crippen LogP contribution in [0.25, 0.3) is 0 Å². The number of hydrogen-bond donors (Lipinski definition) is 2. The number of anilines is 5. The number of carbonyl (C=O) groups is 1. The smallest absolute Gasteiger partial charge is 0.247 e. The zero-order chi connectivity index (χ0) is 32.2. The zero-order valence-corrected chi connectivity index (χ0v) is 27.5. The Morgan fingerprint density at radius 3 is 2.54 bits per heavy atom. The first-order valence-corrected chi connectivity index (χ1v) is 16.3. The zero-order valence-electron chi connectivity index (χ0n) is 26.8. The van der Waals surface area contributed by atoms with Crippen LogP contribution in [0, 0.1) is 0 Å². The predicted molar refractivity (Wildman–Crippen MR) is 183 cm³/mol. The van der Waals surface area contributed by atoms with Gasteiger partial charge in [-0.15, -0.1) is 0 Å². The van der Waals surface area contributed by atoms with Crippen LogP contribution in [0.2, 0.25) is 5.02 Å². The molecule has 1 amide bonds. The molecule has 46 heavy (non-hydrogen) atoms. The van der Waals surface area contributed by atoms with Gasteiger partial charge >= 0.3 is 0 Å². The Kier molecular flexibility index (Phi) is 9.93. The second-order valence-corrected chi connectivity index (χ2v) is 12.7. The number of hydrogen-bond acceptors (Lipinski definition) is 10. The fourth-order valence-electron chi connectivity index (χ4n) is 6.73. The first-order valence-electron chi connectivity index (χ1n) is 15.9. The van der Waals surface area contributed by atoms with Gasteiger partial charge in [-0.2, -0.15) is 0 Å². The molecule has 0 unspecified atom stereocenters. The number of rotatable bonds is 10. The highest BCUT2D eigenvalue weighted by Crippen LogP contribution is 2.41. The third-order valence-electron chi connectivity index (χ3n) is 9.31. The standard InChI is InChI=1S/C34H43ClN8O3/c1-5-34(44)39-27-18-28(31(45-4)19-30(27)41-14-10-25(11-15-41)42-16-12-26(21-42)40(2)3)38-32-20-33(37-22-36-32)43-29(13-17-46-43)23-6-8-24(35)9-7-23/h5-9,18-20,22,25-26,29H,1,10-17,21H2,2-4H3,(H,39,44)(H,36,37,38)/t26-,29+/m0/s1. The van der Waals surface area contributed by atoms with E-state index in [1.165, 1.54) is 18.8 Å². The lowest BCUT2D eigenvalue weighted by molar-refractivity contribution is -0.111. The van der Waals surface area contributed by atoms with Crippen LogP contribution in [0.15, 0.2) is 61.4 Å². The van der Waals surface area contributed by atoms with E-state index >= 15 is 0 Å². The largest absolute Gasteiger partial charge is 0.494 e. The Balaban J connectivity index is 1.21. The Hall–Kier alpha value is -3.90. The van der Waals surface area contributed by atoms with E-state index in [0.29, 0.717) is 52.5 Å². The van der Waals surface area contributed by atoms with E-state index in [1.54, 1.807) is 7.11 Å². The van der Waals surface area contributed by atoms with Gasteiger partial charge in [-0.05, 0) is 63.2 Å². The van der Waals surface area contributed by atoms with Crippen molar-refractivity contribution in [2.45, 2.75) is 43.8 Å². The number of halogens is 1. The van der Waals surface area contributed by atoms with Crippen LogP contribution in [0.5, 0.6) is 5.75 Å². The maximum atomic E-state index is 12.6. The molecule has 244 valence electrons. The van der Waals surface area contributed by atoms with E-state index < -0.39 is 0 Å². The van der Waals surface area contributed by atoms with Crippen LogP contribution in [0.3, 0.4) is 0 Å². The molecule has 4 heterocycles. The van der Waals surface area contributed by atoms with E-state index in [9.17, 15) is 4.79 Å². The number of amides is 1. The fraction of sp³-hybridized carbons (Fsp3) is 0.441. The summed E-state index contributed by atoms with van der Waals surface area (Å²) in [5, 5.41) is 8.92. The number of likely N-dealkylation sites (tertiary alicyclic amines) is 1. The molecule has 0 aliphatic carbocycles. The molecule has 3 aliphatic heterocycles. The summed E-state index contributed by atoms with van der Waals surface area (Å²) in [5.74, 6) is 1.55. The third-order valence-corrected chi connectivity index (χ3v) is 9.56. The molecule has 2 atom stereocenters. The molecule has 12 heteroatoms. The number of aromatic nitrogens is 2. The molecule has 3 aliphatic rings. The van der Waals surface area contributed by atoms with Gasteiger partial charge in [0.2, 0.25) is 5.91 Å². The minimum absolute atomic E-state index is 0.00132. The number of nitrogens with zero attached hydrogens (tertiary/aromatic N) is 6. The van der Waals surface area contributed by atoms with E-state index in [1.807, 2.05) is 47.5 Å². The summed E-state index contributed by atoms with van der Waals surface area (Å²) >= 11 is 6.12. The monoisotopic (exact) mass is 646 g/mol. The second-order valence-electron chi connectivity index (χ2n) is 12.3. The topological polar surface area (TPSA) is 98.3 Å². The highest BCUT2D eigenvalue weighted by atomic mass is 35.5. The number of ether oxygens (including phenoxy) is 1. The van der Waals surface area contributed by atoms with Crippen molar-refractivity contribution in [2.75, 3.05) is 74.6 Å². The predicted octanol–water partition coefficient (Wildman–Crippen LogP) is 5.49. The van der Waals surface area contributed by atoms with Crippen LogP contribution in [0.4, 0.5) is 28.7 Å². The molecular weight excluding hydrogens is 604 g/mol. The lowest BCUT2D eigenvalue weighted by Gasteiger charge is -2.39. The van der Waals surface area contributed by atoms with Gasteiger partial charge in [0.25, 0.3) is 0 Å². The third kappa shape index (κ3) is 7.07. The first-order chi connectivity index (χ1) is 22.3. The highest BCUT2D eigenvalue weighted by molar-refractivity contribution is 6.30. The summed E-state index contributed by atoms with van der Waals surface area (Å²) < 4.78 is 5.86. The van der Waals surface area contributed by atoms with Crippen molar-refractivity contribution < 1.29 is 14.4 Å². The van der Waals surface area contributed by atoms with Crippen LogP contribution >= 0.6 is 11.6 Å². The number of hydroxylamine groups is 1. The van der Waals surface area contributed by atoms with E-state index in [0.717, 1.165) is 56.7 Å². The minimum Gasteiger partial charge on any atom is -0.494 e. The number of methoxy groups -OCH3 is 1. The lowest BCUT2D eigenvalue weighted by atomic mass is 10.0. The quantitative estimate of drug-likeness (QED) is 0.275. The molecule has 0 saturated carbocycles. The summed E-state index contributed by atoms with van der Waals surface area (Å²) in [5.41, 5.74) is 3.36. The average Bonchev–Trinajstić information content (AvgIpc) is 3.77. The van der Waals surface area contributed by atoms with Crippen LogP contribution < -0.4 is 25.3 Å². The molecule has 3 saturated heterocycles. The molecule has 6 rings (SSSR count). The van der Waals surface area contributed by atoms with Crippen molar-refractivity contribution in [1.29, 1.82) is 0 Å². The Bertz CT molecular complexity index is 1530. The SMILES string of the molecule is C=CC(=O)Nc1cc(Nc2cc(N3OCC[C@@H]3c3ccc(Cl)cc3)ncn2)c(OC)cc1N1CCC(N2CC[C@H](N(C)C)C2)CC1. The second kappa shape index (κ2) is 14.3. The van der Waals surface area contributed by atoms with Gasteiger partial charge in [0, 0.05) is 61.8 Å². The Labute approximate surface area is 276 Å². The van der Waals surface area contributed by atoms with Gasteiger partial charge in [0.1, 0.15) is 17.9 Å². The normalized spacial score (nSPS) is 20.7. The van der Waals surface area contributed by atoms with Crippen molar-refractivity contribution >= 4 is 46.2 Å². The summed E-state index contributed by atoms with van der Waals surface area (Å²) in [7, 11) is 5.99. The fourth-order valence-corrected chi connectivity index (χ4v) is 6.86. The van der Waals surface area contributed by atoms with Crippen LogP contribution in [0.1, 0.15) is 37.3 Å². The molecular formula is C34H43ClN8O3. The molecule has 2 aromatic carbocycles. The first kappa shape index (κ1) is 32.1. The summed E-state index contributed by atoms with van der Waals surface area (Å²) in [6.07, 6.45) is 6.96. The molecule has 2 N–H and O–H groups in total. The van der Waals surface area contributed by atoms with Gasteiger partial charge in [0.15, 0.2) is 5.82 Å². The van der Waals surface area contributed by atoms with Crippen molar-refractivity contribution in [3.8, 4) is 5.75 Å². The van der Waals surface area contributed by atoms with Gasteiger partial charge in [0.05, 0.1) is 36.8 Å². The molecule has 3 aromatic rings.